The van der Waals surface area contributed by atoms with Crippen molar-refractivity contribution in [1.82, 2.24) is 14.7 Å². The van der Waals surface area contributed by atoms with Gasteiger partial charge in [0.15, 0.2) is 0 Å². The second-order valence-corrected chi connectivity index (χ2v) is 7.93. The maximum atomic E-state index is 12.8. The standard InChI is InChI=1S/C21H27N3O3/c1-15-18(20(26)27)14-22-24(15)17-9-11-23(12-10-17)19(25)13-21(2,3)16-7-5-4-6-8-16/h4-8,14,17H,9-13H2,1-3H3,(H,26,27). The second kappa shape index (κ2) is 7.55. The maximum Gasteiger partial charge on any atom is 0.339 e. The van der Waals surface area contributed by atoms with Gasteiger partial charge in [-0.05, 0) is 30.7 Å². The molecule has 0 unspecified atom stereocenters. The third kappa shape index (κ3) is 4.04. The zero-order chi connectivity index (χ0) is 19.6. The van der Waals surface area contributed by atoms with Crippen LogP contribution in [0.5, 0.6) is 0 Å². The molecule has 0 saturated carbocycles. The smallest absolute Gasteiger partial charge is 0.339 e. The van der Waals surface area contributed by atoms with E-state index in [0.29, 0.717) is 25.2 Å². The van der Waals surface area contributed by atoms with E-state index >= 15 is 0 Å². The molecule has 0 atom stereocenters. The summed E-state index contributed by atoms with van der Waals surface area (Å²) in [6, 6.07) is 10.3. The van der Waals surface area contributed by atoms with Crippen LogP contribution >= 0.6 is 0 Å². The van der Waals surface area contributed by atoms with Crippen LogP contribution in [0.25, 0.3) is 0 Å². The van der Waals surface area contributed by atoms with E-state index in [2.05, 4.69) is 31.1 Å². The quantitative estimate of drug-likeness (QED) is 0.876. The summed E-state index contributed by atoms with van der Waals surface area (Å²) < 4.78 is 1.80. The van der Waals surface area contributed by atoms with Crippen molar-refractivity contribution in [3.05, 3.63) is 53.3 Å². The summed E-state index contributed by atoms with van der Waals surface area (Å²) in [7, 11) is 0. The van der Waals surface area contributed by atoms with Crippen molar-refractivity contribution in [1.29, 1.82) is 0 Å². The number of hydrogen-bond acceptors (Lipinski definition) is 3. The molecular weight excluding hydrogens is 342 g/mol. The van der Waals surface area contributed by atoms with Gasteiger partial charge in [0.05, 0.1) is 17.9 Å². The number of carbonyl (C=O) groups excluding carboxylic acids is 1. The minimum atomic E-state index is -0.950. The molecule has 0 aliphatic carbocycles. The molecule has 1 amide bonds. The average molecular weight is 369 g/mol. The Morgan fingerprint density at radius 2 is 1.81 bits per heavy atom. The van der Waals surface area contributed by atoms with E-state index in [9.17, 15) is 14.7 Å². The molecule has 27 heavy (non-hydrogen) atoms. The van der Waals surface area contributed by atoms with E-state index in [1.807, 2.05) is 23.1 Å². The lowest BCUT2D eigenvalue weighted by Gasteiger charge is -2.35. The zero-order valence-corrected chi connectivity index (χ0v) is 16.2. The summed E-state index contributed by atoms with van der Waals surface area (Å²) in [5, 5.41) is 13.5. The van der Waals surface area contributed by atoms with Crippen LogP contribution in [0.4, 0.5) is 0 Å². The lowest BCUT2D eigenvalue weighted by atomic mass is 9.81. The van der Waals surface area contributed by atoms with E-state index < -0.39 is 5.97 Å². The first-order valence-electron chi connectivity index (χ1n) is 9.40. The molecule has 1 N–H and O–H groups in total. The van der Waals surface area contributed by atoms with Gasteiger partial charge in [0.25, 0.3) is 0 Å². The average Bonchev–Trinajstić information content (AvgIpc) is 3.04. The summed E-state index contributed by atoms with van der Waals surface area (Å²) in [6.07, 6.45) is 3.47. The molecule has 1 aliphatic heterocycles. The number of benzene rings is 1. The van der Waals surface area contributed by atoms with E-state index in [1.54, 1.807) is 11.6 Å². The first-order valence-corrected chi connectivity index (χ1v) is 9.40. The van der Waals surface area contributed by atoms with Gasteiger partial charge in [-0.2, -0.15) is 5.10 Å². The summed E-state index contributed by atoms with van der Waals surface area (Å²) in [5.41, 5.74) is 1.89. The normalized spacial score (nSPS) is 15.7. The Kier molecular flexibility index (Phi) is 5.35. The molecule has 1 fully saturated rings. The number of carbonyl (C=O) groups is 2. The Morgan fingerprint density at radius 3 is 2.37 bits per heavy atom. The first kappa shape index (κ1) is 19.1. The highest BCUT2D eigenvalue weighted by Gasteiger charge is 2.30. The summed E-state index contributed by atoms with van der Waals surface area (Å²) in [4.78, 5) is 25.9. The molecular formula is C21H27N3O3. The molecule has 0 bridgehead atoms. The molecule has 0 spiro atoms. The predicted molar refractivity (Wildman–Crippen MR) is 103 cm³/mol. The van der Waals surface area contributed by atoms with Crippen LogP contribution in [0.15, 0.2) is 36.5 Å². The van der Waals surface area contributed by atoms with Crippen molar-refractivity contribution in [3.63, 3.8) is 0 Å². The third-order valence-electron chi connectivity index (χ3n) is 5.59. The van der Waals surface area contributed by atoms with Crippen LogP contribution in [-0.4, -0.2) is 44.8 Å². The number of amides is 1. The van der Waals surface area contributed by atoms with Gasteiger partial charge in [-0.25, -0.2) is 4.79 Å². The highest BCUT2D eigenvalue weighted by atomic mass is 16.4. The molecule has 0 radical (unpaired) electrons. The van der Waals surface area contributed by atoms with Gasteiger partial charge in [-0.3, -0.25) is 9.48 Å². The highest BCUT2D eigenvalue weighted by Crippen LogP contribution is 2.30. The van der Waals surface area contributed by atoms with Gasteiger partial charge in [0.2, 0.25) is 5.91 Å². The van der Waals surface area contributed by atoms with E-state index in [0.717, 1.165) is 12.8 Å². The van der Waals surface area contributed by atoms with Crippen molar-refractivity contribution in [2.24, 2.45) is 0 Å². The molecule has 1 aromatic carbocycles. The number of aromatic nitrogens is 2. The van der Waals surface area contributed by atoms with E-state index in [4.69, 9.17) is 0 Å². The van der Waals surface area contributed by atoms with Gasteiger partial charge in [-0.15, -0.1) is 0 Å². The monoisotopic (exact) mass is 369 g/mol. The molecule has 6 heteroatoms. The minimum Gasteiger partial charge on any atom is -0.478 e. The lowest BCUT2D eigenvalue weighted by molar-refractivity contribution is -0.133. The fraction of sp³-hybridized carbons (Fsp3) is 0.476. The van der Waals surface area contributed by atoms with Gasteiger partial charge >= 0.3 is 5.97 Å². The van der Waals surface area contributed by atoms with E-state index in [-0.39, 0.29) is 22.9 Å². The number of likely N-dealkylation sites (tertiary alicyclic amines) is 1. The van der Waals surface area contributed by atoms with Gasteiger partial charge in [-0.1, -0.05) is 44.2 Å². The van der Waals surface area contributed by atoms with Gasteiger partial charge in [0.1, 0.15) is 5.56 Å². The maximum absolute atomic E-state index is 12.8. The molecule has 6 nitrogen and oxygen atoms in total. The van der Waals surface area contributed by atoms with E-state index in [1.165, 1.54) is 11.8 Å². The summed E-state index contributed by atoms with van der Waals surface area (Å²) in [6.45, 7) is 7.35. The van der Waals surface area contributed by atoms with Gasteiger partial charge in [0, 0.05) is 19.5 Å². The Hall–Kier alpha value is -2.63. The van der Waals surface area contributed by atoms with Crippen LogP contribution in [0, 0.1) is 6.92 Å². The summed E-state index contributed by atoms with van der Waals surface area (Å²) in [5.74, 6) is -0.778. The molecule has 1 aromatic heterocycles. The number of carboxylic acids is 1. The molecule has 2 heterocycles. The summed E-state index contributed by atoms with van der Waals surface area (Å²) >= 11 is 0. The zero-order valence-electron chi connectivity index (χ0n) is 16.2. The highest BCUT2D eigenvalue weighted by molar-refractivity contribution is 5.88. The first-order chi connectivity index (χ1) is 12.8. The van der Waals surface area contributed by atoms with Crippen molar-refractivity contribution in [3.8, 4) is 0 Å². The Morgan fingerprint density at radius 1 is 1.19 bits per heavy atom. The molecule has 144 valence electrons. The topological polar surface area (TPSA) is 75.4 Å². The van der Waals surface area contributed by atoms with Crippen molar-refractivity contribution >= 4 is 11.9 Å². The number of nitrogens with zero attached hydrogens (tertiary/aromatic N) is 3. The number of rotatable bonds is 5. The molecule has 1 aliphatic rings. The Bertz CT molecular complexity index is 818. The van der Waals surface area contributed by atoms with Crippen LogP contribution in [0.2, 0.25) is 0 Å². The fourth-order valence-corrected chi connectivity index (χ4v) is 3.84. The molecule has 2 aromatic rings. The molecule has 3 rings (SSSR count). The SMILES string of the molecule is Cc1c(C(=O)O)cnn1C1CCN(C(=O)CC(C)(C)c2ccccc2)CC1. The number of hydrogen-bond donors (Lipinski definition) is 1. The predicted octanol–water partition coefficient (Wildman–Crippen LogP) is 3.42. The number of carboxylic acid groups (broad SMARTS) is 1. The van der Waals surface area contributed by atoms with Crippen LogP contribution in [-0.2, 0) is 10.2 Å². The van der Waals surface area contributed by atoms with Crippen molar-refractivity contribution in [2.75, 3.05) is 13.1 Å². The van der Waals surface area contributed by atoms with Crippen molar-refractivity contribution in [2.45, 2.75) is 51.5 Å². The number of piperidine rings is 1. The fourth-order valence-electron chi connectivity index (χ4n) is 3.84. The minimum absolute atomic E-state index is 0.143. The van der Waals surface area contributed by atoms with Crippen LogP contribution in [0.3, 0.4) is 0 Å². The molecule has 1 saturated heterocycles. The third-order valence-corrected chi connectivity index (χ3v) is 5.59. The van der Waals surface area contributed by atoms with Crippen LogP contribution in [0.1, 0.15) is 60.8 Å². The van der Waals surface area contributed by atoms with Crippen molar-refractivity contribution < 1.29 is 14.7 Å². The van der Waals surface area contributed by atoms with Gasteiger partial charge < -0.3 is 10.0 Å². The second-order valence-electron chi connectivity index (χ2n) is 7.93. The number of aromatic carboxylic acids is 1. The largest absolute Gasteiger partial charge is 0.478 e. The Labute approximate surface area is 159 Å². The Balaban J connectivity index is 1.60. The van der Waals surface area contributed by atoms with Crippen LogP contribution < -0.4 is 0 Å². The lowest BCUT2D eigenvalue weighted by Crippen LogP contribution is -2.41.